The van der Waals surface area contributed by atoms with E-state index in [0.717, 1.165) is 30.3 Å². The summed E-state index contributed by atoms with van der Waals surface area (Å²) in [6.07, 6.45) is 3.55. The van der Waals surface area contributed by atoms with Crippen molar-refractivity contribution in [3.63, 3.8) is 0 Å². The number of sulfonamides is 1. The van der Waals surface area contributed by atoms with Crippen molar-refractivity contribution in [2.75, 3.05) is 13.1 Å². The molecular weight excluding hydrogens is 322 g/mol. The molecule has 5 nitrogen and oxygen atoms in total. The van der Waals surface area contributed by atoms with E-state index >= 15 is 0 Å². The largest absolute Gasteiger partial charge is 0.315 e. The number of rotatable bonds is 3. The van der Waals surface area contributed by atoms with Crippen molar-refractivity contribution in [1.29, 1.82) is 0 Å². The standard InChI is InChI=1S/C15H19N3O2S.ClH/c1-11-8-12-4-2-6-14(15(12)17-9-11)21(19,20)18-13-5-3-7-16-10-13;/h2,4,6,8-9,13,16,18H,3,5,7,10H2,1H3;1H. The molecule has 1 aromatic heterocycles. The number of aryl methyl sites for hydroxylation is 1. The highest BCUT2D eigenvalue weighted by Crippen LogP contribution is 2.22. The molecule has 2 heterocycles. The van der Waals surface area contributed by atoms with Gasteiger partial charge in [-0.05, 0) is 44.0 Å². The smallest absolute Gasteiger partial charge is 0.243 e. The van der Waals surface area contributed by atoms with Gasteiger partial charge in [0.25, 0.3) is 0 Å². The molecule has 1 fully saturated rings. The van der Waals surface area contributed by atoms with Gasteiger partial charge in [-0.15, -0.1) is 12.4 Å². The fraction of sp³-hybridized carbons (Fsp3) is 0.400. The SMILES string of the molecule is Cc1cnc2c(S(=O)(=O)NC3CCCNC3)cccc2c1.Cl. The normalized spacial score (nSPS) is 18.9. The lowest BCUT2D eigenvalue weighted by Crippen LogP contribution is -2.45. The number of pyridine rings is 1. The predicted molar refractivity (Wildman–Crippen MR) is 89.9 cm³/mol. The van der Waals surface area contributed by atoms with Crippen LogP contribution in [-0.2, 0) is 10.0 Å². The van der Waals surface area contributed by atoms with Gasteiger partial charge in [0, 0.05) is 24.2 Å². The van der Waals surface area contributed by atoms with E-state index in [-0.39, 0.29) is 23.3 Å². The Bertz CT molecular complexity index is 758. The Balaban J connectivity index is 0.00000176. The third kappa shape index (κ3) is 3.57. The first-order chi connectivity index (χ1) is 10.1. The average molecular weight is 342 g/mol. The Morgan fingerprint density at radius 2 is 2.18 bits per heavy atom. The van der Waals surface area contributed by atoms with Crippen LogP contribution >= 0.6 is 12.4 Å². The molecule has 1 aliphatic rings. The quantitative estimate of drug-likeness (QED) is 0.895. The van der Waals surface area contributed by atoms with Crippen LogP contribution in [-0.4, -0.2) is 32.5 Å². The van der Waals surface area contributed by atoms with Crippen molar-refractivity contribution in [2.45, 2.75) is 30.7 Å². The number of benzene rings is 1. The first-order valence-electron chi connectivity index (χ1n) is 7.15. The lowest BCUT2D eigenvalue weighted by molar-refractivity contribution is 0.429. The topological polar surface area (TPSA) is 71.1 Å². The van der Waals surface area contributed by atoms with E-state index in [0.29, 0.717) is 12.1 Å². The van der Waals surface area contributed by atoms with Crippen LogP contribution < -0.4 is 10.0 Å². The van der Waals surface area contributed by atoms with E-state index in [1.807, 2.05) is 19.1 Å². The average Bonchev–Trinajstić information content (AvgIpc) is 2.47. The van der Waals surface area contributed by atoms with Crippen molar-refractivity contribution in [3.8, 4) is 0 Å². The van der Waals surface area contributed by atoms with Gasteiger partial charge in [0.05, 0.1) is 5.52 Å². The number of para-hydroxylation sites is 1. The minimum atomic E-state index is -3.55. The molecule has 0 radical (unpaired) electrons. The number of hydrogen-bond donors (Lipinski definition) is 2. The van der Waals surface area contributed by atoms with Crippen LogP contribution in [0.5, 0.6) is 0 Å². The van der Waals surface area contributed by atoms with Gasteiger partial charge in [-0.1, -0.05) is 12.1 Å². The summed E-state index contributed by atoms with van der Waals surface area (Å²) in [6.45, 7) is 3.57. The number of piperidine rings is 1. The number of halogens is 1. The molecule has 2 aromatic rings. The van der Waals surface area contributed by atoms with Crippen LogP contribution in [0.4, 0.5) is 0 Å². The van der Waals surface area contributed by atoms with Gasteiger partial charge in [-0.3, -0.25) is 4.98 Å². The van der Waals surface area contributed by atoms with E-state index in [1.54, 1.807) is 18.3 Å². The number of hydrogen-bond acceptors (Lipinski definition) is 4. The van der Waals surface area contributed by atoms with E-state index in [9.17, 15) is 8.42 Å². The van der Waals surface area contributed by atoms with Crippen molar-refractivity contribution < 1.29 is 8.42 Å². The molecule has 0 bridgehead atoms. The van der Waals surface area contributed by atoms with Crippen LogP contribution in [0.25, 0.3) is 10.9 Å². The molecule has 0 amide bonds. The zero-order valence-corrected chi connectivity index (χ0v) is 14.0. The summed E-state index contributed by atoms with van der Waals surface area (Å²) in [5.74, 6) is 0. The van der Waals surface area contributed by atoms with E-state index in [1.165, 1.54) is 0 Å². The van der Waals surface area contributed by atoms with E-state index in [4.69, 9.17) is 0 Å². The molecule has 22 heavy (non-hydrogen) atoms. The molecule has 1 aliphatic heterocycles. The summed E-state index contributed by atoms with van der Waals surface area (Å²) in [6, 6.07) is 7.16. The maximum Gasteiger partial charge on any atom is 0.243 e. The van der Waals surface area contributed by atoms with Crippen molar-refractivity contribution in [3.05, 3.63) is 36.0 Å². The van der Waals surface area contributed by atoms with Gasteiger partial charge in [-0.2, -0.15) is 0 Å². The zero-order valence-electron chi connectivity index (χ0n) is 12.4. The third-order valence-corrected chi connectivity index (χ3v) is 5.27. The summed E-state index contributed by atoms with van der Waals surface area (Å²) in [5.41, 5.74) is 1.54. The molecule has 1 atom stereocenters. The van der Waals surface area contributed by atoms with Gasteiger partial charge >= 0.3 is 0 Å². The second-order valence-corrected chi connectivity index (χ2v) is 7.19. The third-order valence-electron chi connectivity index (χ3n) is 3.72. The molecule has 0 saturated carbocycles. The van der Waals surface area contributed by atoms with Crippen LogP contribution in [0.2, 0.25) is 0 Å². The summed E-state index contributed by atoms with van der Waals surface area (Å²) >= 11 is 0. The number of fused-ring (bicyclic) bond motifs is 1. The monoisotopic (exact) mass is 341 g/mol. The van der Waals surface area contributed by atoms with Crippen molar-refractivity contribution in [1.82, 2.24) is 15.0 Å². The Hall–Kier alpha value is -1.21. The van der Waals surface area contributed by atoms with Gasteiger partial charge in [0.2, 0.25) is 10.0 Å². The summed E-state index contributed by atoms with van der Waals surface area (Å²) in [4.78, 5) is 4.56. The first kappa shape index (κ1) is 17.1. The second kappa shape index (κ2) is 6.91. The molecule has 120 valence electrons. The van der Waals surface area contributed by atoms with Gasteiger partial charge < -0.3 is 5.32 Å². The van der Waals surface area contributed by atoms with Gasteiger partial charge in [-0.25, -0.2) is 13.1 Å². The van der Waals surface area contributed by atoms with Gasteiger partial charge in [0.15, 0.2) is 0 Å². The Labute approximate surface area is 137 Å². The van der Waals surface area contributed by atoms with Crippen LogP contribution in [0.15, 0.2) is 35.4 Å². The molecular formula is C15H20ClN3O2S. The lowest BCUT2D eigenvalue weighted by atomic mass is 10.1. The molecule has 7 heteroatoms. The fourth-order valence-corrected chi connectivity index (χ4v) is 4.14. The van der Waals surface area contributed by atoms with Crippen LogP contribution in [0.1, 0.15) is 18.4 Å². The van der Waals surface area contributed by atoms with Gasteiger partial charge in [0.1, 0.15) is 4.90 Å². The summed E-state index contributed by atoms with van der Waals surface area (Å²) < 4.78 is 28.0. The highest BCUT2D eigenvalue weighted by atomic mass is 35.5. The number of nitrogens with zero attached hydrogens (tertiary/aromatic N) is 1. The molecule has 2 N–H and O–H groups in total. The Morgan fingerprint density at radius 3 is 2.91 bits per heavy atom. The fourth-order valence-electron chi connectivity index (χ4n) is 2.70. The summed E-state index contributed by atoms with van der Waals surface area (Å²) in [7, 11) is -3.55. The van der Waals surface area contributed by atoms with Crippen molar-refractivity contribution >= 4 is 33.3 Å². The minimum Gasteiger partial charge on any atom is -0.315 e. The maximum absolute atomic E-state index is 12.6. The molecule has 1 unspecified atom stereocenters. The number of nitrogens with one attached hydrogen (secondary N) is 2. The minimum absolute atomic E-state index is 0. The highest BCUT2D eigenvalue weighted by Gasteiger charge is 2.23. The molecule has 3 rings (SSSR count). The zero-order chi connectivity index (χ0) is 14.9. The van der Waals surface area contributed by atoms with Crippen LogP contribution in [0.3, 0.4) is 0 Å². The Morgan fingerprint density at radius 1 is 1.36 bits per heavy atom. The highest BCUT2D eigenvalue weighted by molar-refractivity contribution is 7.89. The number of aromatic nitrogens is 1. The summed E-state index contributed by atoms with van der Waals surface area (Å²) in [5, 5.41) is 4.06. The predicted octanol–water partition coefficient (Wildman–Crippen LogP) is 2.00. The van der Waals surface area contributed by atoms with Crippen molar-refractivity contribution in [2.24, 2.45) is 0 Å². The van der Waals surface area contributed by atoms with E-state index in [2.05, 4.69) is 15.0 Å². The molecule has 0 aliphatic carbocycles. The maximum atomic E-state index is 12.6. The van der Waals surface area contributed by atoms with Crippen LogP contribution in [0, 0.1) is 6.92 Å². The van der Waals surface area contributed by atoms with E-state index < -0.39 is 10.0 Å². The molecule has 1 aromatic carbocycles. The lowest BCUT2D eigenvalue weighted by Gasteiger charge is -2.23. The molecule has 1 saturated heterocycles. The molecule has 0 spiro atoms. The second-order valence-electron chi connectivity index (χ2n) is 5.51. The Kier molecular flexibility index (Phi) is 5.39. The first-order valence-corrected chi connectivity index (χ1v) is 8.63.